The maximum atomic E-state index is 6.20. The molecule has 1 N–H and O–H groups in total. The summed E-state index contributed by atoms with van der Waals surface area (Å²) in [5.41, 5.74) is 1.92. The fourth-order valence-corrected chi connectivity index (χ4v) is 2.58. The fourth-order valence-electron chi connectivity index (χ4n) is 2.35. The van der Waals surface area contributed by atoms with Gasteiger partial charge in [-0.3, -0.25) is 0 Å². The van der Waals surface area contributed by atoms with Crippen molar-refractivity contribution in [2.45, 2.75) is 13.2 Å². The normalized spacial score (nSPS) is 10.5. The van der Waals surface area contributed by atoms with Crippen molar-refractivity contribution >= 4 is 17.5 Å². The molecule has 0 unspecified atom stereocenters. The molecule has 1 heterocycles. The third-order valence-electron chi connectivity index (χ3n) is 3.60. The second kappa shape index (κ2) is 7.85. The van der Waals surface area contributed by atoms with Gasteiger partial charge >= 0.3 is 0 Å². The van der Waals surface area contributed by atoms with Gasteiger partial charge in [0.15, 0.2) is 11.5 Å². The largest absolute Gasteiger partial charge is 0.493 e. The zero-order valence-electron chi connectivity index (χ0n) is 13.9. The number of anilines is 1. The maximum absolute atomic E-state index is 6.20. The fraction of sp³-hybridized carbons (Fsp3) is 0.235. The Balaban J connectivity index is 1.82. The van der Waals surface area contributed by atoms with Crippen molar-refractivity contribution < 1.29 is 9.47 Å². The van der Waals surface area contributed by atoms with Gasteiger partial charge in [0.1, 0.15) is 6.61 Å². The lowest BCUT2D eigenvalue weighted by Crippen LogP contribution is -2.08. The molecule has 0 spiro atoms. The second-order valence-electron chi connectivity index (χ2n) is 5.35. The van der Waals surface area contributed by atoms with Gasteiger partial charge in [-0.2, -0.15) is 0 Å². The summed E-state index contributed by atoms with van der Waals surface area (Å²) in [5.74, 6) is 1.77. The number of aromatic nitrogens is 4. The number of rotatable bonds is 7. The molecule has 3 rings (SSSR count). The molecular weight excluding hydrogens is 342 g/mol. The number of hydrogen-bond acceptors (Lipinski definition) is 6. The van der Waals surface area contributed by atoms with Crippen molar-refractivity contribution in [2.24, 2.45) is 7.05 Å². The summed E-state index contributed by atoms with van der Waals surface area (Å²) in [7, 11) is 3.35. The van der Waals surface area contributed by atoms with Crippen molar-refractivity contribution in [1.82, 2.24) is 20.2 Å². The number of aryl methyl sites for hydroxylation is 1. The first kappa shape index (κ1) is 17.0. The zero-order valence-corrected chi connectivity index (χ0v) is 14.7. The Morgan fingerprint density at radius 2 is 2.00 bits per heavy atom. The molecule has 0 saturated carbocycles. The van der Waals surface area contributed by atoms with E-state index < -0.39 is 0 Å². The molecule has 7 nitrogen and oxygen atoms in total. The minimum Gasteiger partial charge on any atom is -0.493 e. The minimum atomic E-state index is 0.428. The lowest BCUT2D eigenvalue weighted by molar-refractivity contribution is 0.281. The van der Waals surface area contributed by atoms with Crippen LogP contribution in [0.1, 0.15) is 11.1 Å². The second-order valence-corrected chi connectivity index (χ2v) is 5.79. The van der Waals surface area contributed by atoms with Gasteiger partial charge in [0, 0.05) is 30.2 Å². The molecule has 0 aliphatic rings. The molecule has 0 bridgehead atoms. The number of ether oxygens (including phenoxy) is 2. The number of hydrogen-bond donors (Lipinski definition) is 1. The van der Waals surface area contributed by atoms with Crippen LogP contribution in [0.15, 0.2) is 42.5 Å². The van der Waals surface area contributed by atoms with Crippen LogP contribution in [0.4, 0.5) is 5.95 Å². The molecule has 0 radical (unpaired) electrons. The van der Waals surface area contributed by atoms with Crippen LogP contribution in [-0.4, -0.2) is 27.3 Å². The van der Waals surface area contributed by atoms with Gasteiger partial charge < -0.3 is 14.8 Å². The lowest BCUT2D eigenvalue weighted by Gasteiger charge is -2.16. The molecule has 8 heteroatoms. The molecular formula is C17H18ClN5O2. The molecule has 0 fully saturated rings. The van der Waals surface area contributed by atoms with E-state index in [0.717, 1.165) is 11.1 Å². The molecule has 1 aromatic heterocycles. The Kier molecular flexibility index (Phi) is 5.35. The summed E-state index contributed by atoms with van der Waals surface area (Å²) >= 11 is 6.20. The van der Waals surface area contributed by atoms with E-state index in [4.69, 9.17) is 21.1 Å². The topological polar surface area (TPSA) is 74.1 Å². The number of nitrogens with one attached hydrogen (secondary N) is 1. The van der Waals surface area contributed by atoms with Crippen molar-refractivity contribution in [3.63, 3.8) is 0 Å². The van der Waals surface area contributed by atoms with E-state index in [-0.39, 0.29) is 0 Å². The van der Waals surface area contributed by atoms with E-state index >= 15 is 0 Å². The Morgan fingerprint density at radius 1 is 1.20 bits per heavy atom. The average Bonchev–Trinajstić information content (AvgIpc) is 3.04. The highest BCUT2D eigenvalue weighted by molar-refractivity contribution is 6.30. The highest BCUT2D eigenvalue weighted by atomic mass is 35.5. The Bertz CT molecular complexity index is 838. The number of methoxy groups -OCH3 is 1. The van der Waals surface area contributed by atoms with Crippen LogP contribution < -0.4 is 14.8 Å². The predicted octanol–water partition coefficient (Wildman–Crippen LogP) is 3.06. The molecule has 3 aromatic rings. The van der Waals surface area contributed by atoms with E-state index in [1.54, 1.807) is 24.9 Å². The zero-order chi connectivity index (χ0) is 17.6. The van der Waals surface area contributed by atoms with E-state index in [2.05, 4.69) is 20.8 Å². The van der Waals surface area contributed by atoms with Crippen molar-refractivity contribution in [1.29, 1.82) is 0 Å². The molecule has 0 aliphatic carbocycles. The third kappa shape index (κ3) is 4.19. The maximum Gasteiger partial charge on any atom is 0.242 e. The summed E-state index contributed by atoms with van der Waals surface area (Å²) < 4.78 is 13.0. The Labute approximate surface area is 150 Å². The number of nitrogens with zero attached hydrogens (tertiary/aromatic N) is 4. The molecule has 25 heavy (non-hydrogen) atoms. The number of tetrazole rings is 1. The van der Waals surface area contributed by atoms with Gasteiger partial charge in [-0.05, 0) is 22.1 Å². The minimum absolute atomic E-state index is 0.428. The molecule has 2 aromatic carbocycles. The van der Waals surface area contributed by atoms with Gasteiger partial charge in [-0.15, -0.1) is 0 Å². The van der Waals surface area contributed by atoms with Crippen LogP contribution >= 0.6 is 11.6 Å². The van der Waals surface area contributed by atoms with Crippen LogP contribution in [-0.2, 0) is 20.2 Å². The standard InChI is InChI=1S/C17H18ClN5O2/c1-23-17(20-21-22-23)19-10-13-8-14(18)9-15(24-2)16(13)25-11-12-6-4-3-5-7-12/h3-9H,10-11H2,1-2H3,(H,19,20,22). The Hall–Kier alpha value is -2.80. The smallest absolute Gasteiger partial charge is 0.242 e. The molecule has 0 amide bonds. The van der Waals surface area contributed by atoms with E-state index in [1.165, 1.54) is 0 Å². The van der Waals surface area contributed by atoms with Gasteiger partial charge in [0.2, 0.25) is 5.95 Å². The summed E-state index contributed by atoms with van der Waals surface area (Å²) in [6, 6.07) is 13.5. The van der Waals surface area contributed by atoms with E-state index in [1.807, 2.05) is 36.4 Å². The van der Waals surface area contributed by atoms with Gasteiger partial charge in [0.05, 0.1) is 7.11 Å². The van der Waals surface area contributed by atoms with Gasteiger partial charge in [0.25, 0.3) is 0 Å². The van der Waals surface area contributed by atoms with E-state index in [9.17, 15) is 0 Å². The van der Waals surface area contributed by atoms with Crippen molar-refractivity contribution in [3.8, 4) is 11.5 Å². The van der Waals surface area contributed by atoms with Crippen molar-refractivity contribution in [3.05, 3.63) is 58.6 Å². The summed E-state index contributed by atoms with van der Waals surface area (Å²) in [6.07, 6.45) is 0. The average molecular weight is 360 g/mol. The predicted molar refractivity (Wildman–Crippen MR) is 94.9 cm³/mol. The number of benzene rings is 2. The summed E-state index contributed by atoms with van der Waals surface area (Å²) in [5, 5.41) is 15.0. The van der Waals surface area contributed by atoms with Crippen LogP contribution in [0.3, 0.4) is 0 Å². The Morgan fingerprint density at radius 3 is 2.68 bits per heavy atom. The molecule has 0 atom stereocenters. The van der Waals surface area contributed by atoms with Crippen molar-refractivity contribution in [2.75, 3.05) is 12.4 Å². The monoisotopic (exact) mass is 359 g/mol. The quantitative estimate of drug-likeness (QED) is 0.698. The molecule has 130 valence electrons. The lowest BCUT2D eigenvalue weighted by atomic mass is 10.1. The third-order valence-corrected chi connectivity index (χ3v) is 3.82. The van der Waals surface area contributed by atoms with Gasteiger partial charge in [-0.1, -0.05) is 47.0 Å². The highest BCUT2D eigenvalue weighted by Crippen LogP contribution is 2.35. The van der Waals surface area contributed by atoms with Crippen LogP contribution in [0.2, 0.25) is 5.02 Å². The molecule has 0 saturated heterocycles. The number of halogens is 1. The first-order chi connectivity index (χ1) is 12.2. The first-order valence-electron chi connectivity index (χ1n) is 7.66. The SMILES string of the molecule is COc1cc(Cl)cc(CNc2nnnn2C)c1OCc1ccccc1. The molecule has 0 aliphatic heterocycles. The van der Waals surface area contributed by atoms with E-state index in [0.29, 0.717) is 35.6 Å². The first-order valence-corrected chi connectivity index (χ1v) is 8.04. The summed E-state index contributed by atoms with van der Waals surface area (Å²) in [6.45, 7) is 0.868. The van der Waals surface area contributed by atoms with Crippen LogP contribution in [0, 0.1) is 0 Å². The van der Waals surface area contributed by atoms with Crippen LogP contribution in [0.5, 0.6) is 11.5 Å². The highest BCUT2D eigenvalue weighted by Gasteiger charge is 2.14. The van der Waals surface area contributed by atoms with Gasteiger partial charge in [-0.25, -0.2) is 4.68 Å². The summed E-state index contributed by atoms with van der Waals surface area (Å²) in [4.78, 5) is 0. The van der Waals surface area contributed by atoms with Crippen LogP contribution in [0.25, 0.3) is 0 Å².